The number of alkyl halides is 2. The number of hydrogen-bond donors (Lipinski definition) is 2. The molecule has 1 atom stereocenters. The van der Waals surface area contributed by atoms with Crippen LogP contribution in [0.4, 0.5) is 26.2 Å². The van der Waals surface area contributed by atoms with Gasteiger partial charge in [-0.25, -0.2) is 22.8 Å². The van der Waals surface area contributed by atoms with Crippen LogP contribution in [0.3, 0.4) is 0 Å². The first-order valence-corrected chi connectivity index (χ1v) is 15.1. The Morgan fingerprint density at radius 3 is 2.29 bits per heavy atom. The minimum absolute atomic E-state index is 0.108. The smallest absolute Gasteiger partial charge is 0.258 e. The highest BCUT2D eigenvalue weighted by Gasteiger charge is 2.45. The van der Waals surface area contributed by atoms with Crippen LogP contribution in [0, 0.1) is 17.1 Å². The van der Waals surface area contributed by atoms with Gasteiger partial charge in [-0.1, -0.05) is 0 Å². The molecule has 4 aliphatic rings. The minimum atomic E-state index is -2.91. The average molecular weight is 545 g/mol. The molecule has 0 unspecified atom stereocenters. The van der Waals surface area contributed by atoms with Crippen molar-refractivity contribution in [3.05, 3.63) is 35.5 Å². The number of nitrogens with one attached hydrogen (secondary N) is 2. The molecule has 2 N–H and O–H groups in total. The molecule has 204 valence electrons. The fourth-order valence-corrected chi connectivity index (χ4v) is 7.36. The summed E-state index contributed by atoms with van der Waals surface area (Å²) in [6, 6.07) is 6.79. The van der Waals surface area contributed by atoms with Gasteiger partial charge in [-0.2, -0.15) is 4.98 Å². The van der Waals surface area contributed by atoms with Crippen LogP contribution < -0.4 is 15.1 Å². The molecule has 0 radical (unpaired) electrons. The number of rotatable bonds is 6. The molecule has 2 aliphatic heterocycles. The van der Waals surface area contributed by atoms with E-state index in [-0.39, 0.29) is 37.1 Å². The van der Waals surface area contributed by atoms with Crippen LogP contribution >= 0.6 is 0 Å². The van der Waals surface area contributed by atoms with Crippen LogP contribution in [0.2, 0.25) is 0 Å². The highest BCUT2D eigenvalue weighted by Crippen LogP contribution is 2.54. The first-order chi connectivity index (χ1) is 18.0. The molecule has 38 heavy (non-hydrogen) atoms. The number of halogens is 2. The molecule has 6 rings (SSSR count). The summed E-state index contributed by atoms with van der Waals surface area (Å²) in [7, 11) is -2.91. The number of anilines is 3. The van der Waals surface area contributed by atoms with Gasteiger partial charge in [0.2, 0.25) is 5.95 Å². The lowest BCUT2D eigenvalue weighted by Gasteiger charge is -2.35. The van der Waals surface area contributed by atoms with Gasteiger partial charge < -0.3 is 15.1 Å². The SMILES string of the molecule is Cc1cc(NC(=O)c2ccc([S@](=N)(=O)C3CC3)cc2N2CCC3(CC2)CC3)nc(N2CCC(F)(F)CC2)n1. The maximum atomic E-state index is 13.6. The summed E-state index contributed by atoms with van der Waals surface area (Å²) in [5.74, 6) is -2.39. The molecule has 2 aliphatic carbocycles. The van der Waals surface area contributed by atoms with E-state index >= 15 is 0 Å². The summed E-state index contributed by atoms with van der Waals surface area (Å²) in [6.07, 6.45) is 5.77. The Hall–Kier alpha value is -2.82. The third-order valence-electron chi connectivity index (χ3n) is 8.54. The molecule has 3 heterocycles. The number of hydrogen-bond acceptors (Lipinski definition) is 7. The third-order valence-corrected chi connectivity index (χ3v) is 10.9. The van der Waals surface area contributed by atoms with E-state index in [1.54, 1.807) is 36.1 Å². The Morgan fingerprint density at radius 1 is 1.00 bits per heavy atom. The quantitative estimate of drug-likeness (QED) is 0.517. The molecule has 1 spiro atoms. The largest absolute Gasteiger partial charge is 0.371 e. The van der Waals surface area contributed by atoms with Gasteiger partial charge in [0.25, 0.3) is 11.8 Å². The molecule has 1 aromatic carbocycles. The monoisotopic (exact) mass is 544 g/mol. The summed E-state index contributed by atoms with van der Waals surface area (Å²) in [6.45, 7) is 3.73. The number of benzene rings is 1. The number of nitrogens with zero attached hydrogens (tertiary/aromatic N) is 4. The number of aryl methyl sites for hydroxylation is 1. The van der Waals surface area contributed by atoms with Gasteiger partial charge in [-0.05, 0) is 69.1 Å². The Bertz CT molecular complexity index is 1350. The average Bonchev–Trinajstić information content (AvgIpc) is 3.80. The van der Waals surface area contributed by atoms with Crippen molar-refractivity contribution in [2.24, 2.45) is 5.41 Å². The van der Waals surface area contributed by atoms with Crippen LogP contribution in [0.1, 0.15) is 67.4 Å². The van der Waals surface area contributed by atoms with Crippen LogP contribution in [-0.4, -0.2) is 57.4 Å². The molecule has 0 bridgehead atoms. The van der Waals surface area contributed by atoms with Crippen LogP contribution in [-0.2, 0) is 9.73 Å². The summed E-state index contributed by atoms with van der Waals surface area (Å²) in [5.41, 5.74) is 2.24. The third kappa shape index (κ3) is 5.09. The normalized spacial score (nSPS) is 23.7. The number of carbonyl (C=O) groups excluding carboxylic acids is 1. The lowest BCUT2D eigenvalue weighted by atomic mass is 9.93. The molecular weight excluding hydrogens is 510 g/mol. The second-order valence-electron chi connectivity index (χ2n) is 11.5. The van der Waals surface area contributed by atoms with Crippen molar-refractivity contribution in [1.29, 1.82) is 4.78 Å². The lowest BCUT2D eigenvalue weighted by Crippen LogP contribution is -2.40. The van der Waals surface area contributed by atoms with E-state index in [1.807, 2.05) is 0 Å². The second kappa shape index (κ2) is 9.14. The molecule has 2 saturated heterocycles. The number of piperidine rings is 2. The molecule has 1 amide bonds. The summed E-state index contributed by atoms with van der Waals surface area (Å²) in [5, 5.41) is 2.78. The number of aromatic nitrogens is 2. The summed E-state index contributed by atoms with van der Waals surface area (Å²) in [4.78, 5) is 26.9. The number of carbonyl (C=O) groups is 1. The minimum Gasteiger partial charge on any atom is -0.371 e. The molecule has 1 aromatic heterocycles. The second-order valence-corrected chi connectivity index (χ2v) is 13.8. The zero-order valence-corrected chi connectivity index (χ0v) is 22.5. The van der Waals surface area contributed by atoms with Crippen LogP contribution in [0.25, 0.3) is 0 Å². The van der Waals surface area contributed by atoms with E-state index in [4.69, 9.17) is 4.78 Å². The molecule has 11 heteroatoms. The Labute approximate surface area is 222 Å². The fourth-order valence-electron chi connectivity index (χ4n) is 5.62. The first kappa shape index (κ1) is 25.5. The van der Waals surface area contributed by atoms with Gasteiger partial charge >= 0.3 is 0 Å². The maximum Gasteiger partial charge on any atom is 0.258 e. The highest BCUT2D eigenvalue weighted by atomic mass is 32.2. The zero-order chi connectivity index (χ0) is 26.7. The van der Waals surface area contributed by atoms with Crippen molar-refractivity contribution in [1.82, 2.24) is 9.97 Å². The van der Waals surface area contributed by atoms with Gasteiger partial charge in [0.1, 0.15) is 5.82 Å². The van der Waals surface area contributed by atoms with Gasteiger partial charge in [0, 0.05) is 60.9 Å². The van der Waals surface area contributed by atoms with Gasteiger partial charge in [-0.15, -0.1) is 0 Å². The van der Waals surface area contributed by atoms with E-state index in [0.717, 1.165) is 38.8 Å². The number of amides is 1. The van der Waals surface area contributed by atoms with Gasteiger partial charge in [-0.3, -0.25) is 4.79 Å². The van der Waals surface area contributed by atoms with Crippen molar-refractivity contribution in [3.8, 4) is 0 Å². The fraction of sp³-hybridized carbons (Fsp3) is 0.593. The molecule has 2 saturated carbocycles. The van der Waals surface area contributed by atoms with Crippen LogP contribution in [0.15, 0.2) is 29.2 Å². The van der Waals surface area contributed by atoms with E-state index < -0.39 is 15.7 Å². The first-order valence-electron chi connectivity index (χ1n) is 13.5. The standard InChI is InChI=1S/C27H34F2N6O2S/c1-18-16-23(33-25(31-18)35-14-10-27(28,29)11-15-35)32-24(36)21-5-4-20(38(30,37)19-2-3-19)17-22(21)34-12-8-26(6-7-26)9-13-34/h4-5,16-17,19,30H,2-3,6-15H2,1H3,(H,31,32,33,36)/t38-/m1/s1. The Balaban J connectivity index is 1.27. The maximum absolute atomic E-state index is 13.6. The predicted octanol–water partition coefficient (Wildman–Crippen LogP) is 5.22. The van der Waals surface area contributed by atoms with E-state index in [0.29, 0.717) is 39.0 Å². The van der Waals surface area contributed by atoms with Gasteiger partial charge in [0.05, 0.1) is 21.0 Å². The van der Waals surface area contributed by atoms with E-state index in [2.05, 4.69) is 20.2 Å². The topological polar surface area (TPSA) is 102 Å². The van der Waals surface area contributed by atoms with Crippen molar-refractivity contribution >= 4 is 33.1 Å². The lowest BCUT2D eigenvalue weighted by molar-refractivity contribution is -0.0222. The predicted molar refractivity (Wildman–Crippen MR) is 143 cm³/mol. The van der Waals surface area contributed by atoms with Crippen molar-refractivity contribution < 1.29 is 17.8 Å². The molecule has 2 aromatic rings. The molecule has 8 nitrogen and oxygen atoms in total. The van der Waals surface area contributed by atoms with Crippen molar-refractivity contribution in [2.75, 3.05) is 41.3 Å². The Morgan fingerprint density at radius 2 is 1.66 bits per heavy atom. The molecule has 4 fully saturated rings. The summed E-state index contributed by atoms with van der Waals surface area (Å²) < 4.78 is 49.0. The van der Waals surface area contributed by atoms with E-state index in [1.165, 1.54) is 12.8 Å². The van der Waals surface area contributed by atoms with Crippen molar-refractivity contribution in [3.63, 3.8) is 0 Å². The van der Waals surface area contributed by atoms with Crippen molar-refractivity contribution in [2.45, 2.75) is 74.4 Å². The van der Waals surface area contributed by atoms with Crippen LogP contribution in [0.5, 0.6) is 0 Å². The highest BCUT2D eigenvalue weighted by molar-refractivity contribution is 7.93. The molecular formula is C27H34F2N6O2S. The Kier molecular flexibility index (Phi) is 6.12. The zero-order valence-electron chi connectivity index (χ0n) is 21.6. The summed E-state index contributed by atoms with van der Waals surface area (Å²) >= 11 is 0. The van der Waals surface area contributed by atoms with E-state index in [9.17, 15) is 17.8 Å². The van der Waals surface area contributed by atoms with Gasteiger partial charge in [0.15, 0.2) is 0 Å².